The summed E-state index contributed by atoms with van der Waals surface area (Å²) in [6, 6.07) is 5.33. The molecule has 0 fully saturated rings. The van der Waals surface area contributed by atoms with Crippen LogP contribution in [0.25, 0.3) is 0 Å². The molecule has 0 aliphatic carbocycles. The Labute approximate surface area is 69.9 Å². The molecule has 0 saturated carbocycles. The molecule has 1 heterocycles. The maximum absolute atomic E-state index is 10.4. The molecule has 1 aliphatic rings. The van der Waals surface area contributed by atoms with Crippen LogP contribution < -0.4 is 4.74 Å². The topological polar surface area (TPSA) is 35.5 Å². The van der Waals surface area contributed by atoms with Gasteiger partial charge in [-0.3, -0.25) is 4.79 Å². The van der Waals surface area contributed by atoms with Crippen LogP contribution in [0.2, 0.25) is 0 Å². The van der Waals surface area contributed by atoms with Crippen molar-refractivity contribution in [3.05, 3.63) is 29.3 Å². The Bertz CT molecular complexity index is 307. The van der Waals surface area contributed by atoms with Gasteiger partial charge in [0.1, 0.15) is 12.0 Å². The lowest BCUT2D eigenvalue weighted by atomic mass is 10.1. The molecule has 1 aliphatic heterocycles. The number of fused-ring (bicyclic) bond motifs is 1. The van der Waals surface area contributed by atoms with Crippen LogP contribution in [-0.4, -0.2) is 13.1 Å². The highest BCUT2D eigenvalue weighted by Crippen LogP contribution is 2.23. The molecule has 3 heteroatoms. The molecule has 1 aromatic carbocycles. The van der Waals surface area contributed by atoms with Crippen molar-refractivity contribution in [3.8, 4) is 5.75 Å². The third kappa shape index (κ3) is 1.19. The van der Waals surface area contributed by atoms with E-state index in [0.29, 0.717) is 12.2 Å². The Balaban J connectivity index is 2.42. The first kappa shape index (κ1) is 7.31. The van der Waals surface area contributed by atoms with E-state index in [1.54, 1.807) is 12.1 Å². The van der Waals surface area contributed by atoms with Crippen LogP contribution in [0, 0.1) is 0 Å². The fraction of sp³-hybridized carbons (Fsp3) is 0.222. The number of carbonyl (C=O) groups is 1. The Morgan fingerprint density at radius 3 is 3.17 bits per heavy atom. The lowest BCUT2D eigenvalue weighted by molar-refractivity contribution is -0.0164. The minimum atomic E-state index is 0.273. The van der Waals surface area contributed by atoms with Gasteiger partial charge in [0.15, 0.2) is 6.79 Å². The Kier molecular flexibility index (Phi) is 1.80. The predicted octanol–water partition coefficient (Wildman–Crippen LogP) is 1.37. The summed E-state index contributed by atoms with van der Waals surface area (Å²) in [5.41, 5.74) is 1.63. The van der Waals surface area contributed by atoms with E-state index in [1.165, 1.54) is 0 Å². The minimum absolute atomic E-state index is 0.273. The fourth-order valence-corrected chi connectivity index (χ4v) is 1.15. The van der Waals surface area contributed by atoms with Crippen molar-refractivity contribution < 1.29 is 14.3 Å². The molecule has 0 saturated heterocycles. The van der Waals surface area contributed by atoms with Crippen LogP contribution in [0.4, 0.5) is 0 Å². The summed E-state index contributed by atoms with van der Waals surface area (Å²) in [6.07, 6.45) is 0.805. The number of carbonyl (C=O) groups excluding carboxylic acids is 1. The first-order chi connectivity index (χ1) is 5.90. The van der Waals surface area contributed by atoms with Gasteiger partial charge in [-0.15, -0.1) is 0 Å². The van der Waals surface area contributed by atoms with Gasteiger partial charge in [-0.25, -0.2) is 0 Å². The summed E-state index contributed by atoms with van der Waals surface area (Å²) in [7, 11) is 0. The third-order valence-electron chi connectivity index (χ3n) is 1.78. The van der Waals surface area contributed by atoms with E-state index in [-0.39, 0.29) is 6.79 Å². The van der Waals surface area contributed by atoms with E-state index in [2.05, 4.69) is 0 Å². The van der Waals surface area contributed by atoms with E-state index in [0.717, 1.165) is 17.6 Å². The number of aldehydes is 1. The van der Waals surface area contributed by atoms with Gasteiger partial charge in [0, 0.05) is 11.1 Å². The molecule has 1 aromatic rings. The van der Waals surface area contributed by atoms with Crippen LogP contribution in [0.5, 0.6) is 5.75 Å². The van der Waals surface area contributed by atoms with Crippen molar-refractivity contribution in [1.82, 2.24) is 0 Å². The molecule has 0 bridgehead atoms. The normalized spacial score (nSPS) is 14.7. The zero-order valence-corrected chi connectivity index (χ0v) is 6.45. The van der Waals surface area contributed by atoms with Crippen LogP contribution in [-0.2, 0) is 11.3 Å². The molecule has 0 radical (unpaired) electrons. The molecular formula is C9H8O3. The van der Waals surface area contributed by atoms with E-state index < -0.39 is 0 Å². The monoisotopic (exact) mass is 164 g/mol. The molecule has 0 N–H and O–H groups in total. The molecule has 0 aromatic heterocycles. The summed E-state index contributed by atoms with van der Waals surface area (Å²) < 4.78 is 10.2. The second-order valence-electron chi connectivity index (χ2n) is 2.60. The fourth-order valence-electron chi connectivity index (χ4n) is 1.15. The second kappa shape index (κ2) is 2.95. The summed E-state index contributed by atoms with van der Waals surface area (Å²) in [5.74, 6) is 0.755. The SMILES string of the molecule is O=Cc1ccc2c(c1)OCOC2. The van der Waals surface area contributed by atoms with Crippen LogP contribution in [0.1, 0.15) is 15.9 Å². The minimum Gasteiger partial charge on any atom is -0.467 e. The van der Waals surface area contributed by atoms with Gasteiger partial charge in [0.2, 0.25) is 0 Å². The van der Waals surface area contributed by atoms with E-state index >= 15 is 0 Å². The zero-order valence-electron chi connectivity index (χ0n) is 6.45. The largest absolute Gasteiger partial charge is 0.467 e. The zero-order chi connectivity index (χ0) is 8.39. The average molecular weight is 164 g/mol. The van der Waals surface area contributed by atoms with Crippen molar-refractivity contribution >= 4 is 6.29 Å². The van der Waals surface area contributed by atoms with E-state index in [4.69, 9.17) is 9.47 Å². The molecule has 0 spiro atoms. The molecule has 0 unspecified atom stereocenters. The maximum atomic E-state index is 10.4. The van der Waals surface area contributed by atoms with Gasteiger partial charge < -0.3 is 9.47 Å². The van der Waals surface area contributed by atoms with Gasteiger partial charge >= 0.3 is 0 Å². The van der Waals surface area contributed by atoms with Crippen LogP contribution in [0.3, 0.4) is 0 Å². The highest BCUT2D eigenvalue weighted by atomic mass is 16.7. The summed E-state index contributed by atoms with van der Waals surface area (Å²) in [4.78, 5) is 10.4. The number of rotatable bonds is 1. The first-order valence-corrected chi connectivity index (χ1v) is 3.69. The van der Waals surface area contributed by atoms with Crippen molar-refractivity contribution in [2.45, 2.75) is 6.61 Å². The number of hydrogen-bond donors (Lipinski definition) is 0. The summed E-state index contributed by atoms with van der Waals surface area (Å²) in [5, 5.41) is 0. The molecular weight excluding hydrogens is 156 g/mol. The highest BCUT2D eigenvalue weighted by molar-refractivity contribution is 5.75. The lowest BCUT2D eigenvalue weighted by Gasteiger charge is -2.17. The van der Waals surface area contributed by atoms with Crippen molar-refractivity contribution in [2.24, 2.45) is 0 Å². The molecule has 3 nitrogen and oxygen atoms in total. The number of ether oxygens (including phenoxy) is 2. The summed E-state index contributed by atoms with van der Waals surface area (Å²) in [6.45, 7) is 0.837. The molecule has 2 rings (SSSR count). The number of hydrogen-bond acceptors (Lipinski definition) is 3. The molecule has 0 amide bonds. The van der Waals surface area contributed by atoms with Crippen LogP contribution >= 0.6 is 0 Å². The average Bonchev–Trinajstić information content (AvgIpc) is 2.17. The number of benzene rings is 1. The molecule has 62 valence electrons. The van der Waals surface area contributed by atoms with E-state index in [1.807, 2.05) is 6.07 Å². The second-order valence-corrected chi connectivity index (χ2v) is 2.60. The van der Waals surface area contributed by atoms with Gasteiger partial charge in [0.25, 0.3) is 0 Å². The molecule has 0 atom stereocenters. The summed E-state index contributed by atoms with van der Waals surface area (Å²) >= 11 is 0. The standard InChI is InChI=1S/C9H8O3/c10-4-7-1-2-8-5-11-6-12-9(8)3-7/h1-4H,5-6H2. The lowest BCUT2D eigenvalue weighted by Crippen LogP contribution is -2.11. The Morgan fingerprint density at radius 1 is 1.42 bits per heavy atom. The highest BCUT2D eigenvalue weighted by Gasteiger charge is 2.09. The van der Waals surface area contributed by atoms with Crippen molar-refractivity contribution in [1.29, 1.82) is 0 Å². The van der Waals surface area contributed by atoms with Crippen molar-refractivity contribution in [3.63, 3.8) is 0 Å². The van der Waals surface area contributed by atoms with Gasteiger partial charge in [-0.2, -0.15) is 0 Å². The predicted molar refractivity (Wildman–Crippen MR) is 42.1 cm³/mol. The first-order valence-electron chi connectivity index (χ1n) is 3.69. The third-order valence-corrected chi connectivity index (χ3v) is 1.78. The molecule has 12 heavy (non-hydrogen) atoms. The van der Waals surface area contributed by atoms with Gasteiger partial charge in [-0.05, 0) is 6.07 Å². The van der Waals surface area contributed by atoms with Gasteiger partial charge in [0.05, 0.1) is 6.61 Å². The quantitative estimate of drug-likeness (QED) is 0.588. The Morgan fingerprint density at radius 2 is 2.33 bits per heavy atom. The smallest absolute Gasteiger partial charge is 0.189 e. The van der Waals surface area contributed by atoms with E-state index in [9.17, 15) is 4.79 Å². The van der Waals surface area contributed by atoms with Gasteiger partial charge in [-0.1, -0.05) is 12.1 Å². The van der Waals surface area contributed by atoms with Crippen LogP contribution in [0.15, 0.2) is 18.2 Å². The Hall–Kier alpha value is -1.35. The van der Waals surface area contributed by atoms with Crippen molar-refractivity contribution in [2.75, 3.05) is 6.79 Å². The maximum Gasteiger partial charge on any atom is 0.189 e.